The van der Waals surface area contributed by atoms with Gasteiger partial charge in [-0.25, -0.2) is 0 Å². The second-order valence-corrected chi connectivity index (χ2v) is 7.02. The number of carboxylic acids is 2. The van der Waals surface area contributed by atoms with Crippen molar-refractivity contribution >= 4 is 35.5 Å². The van der Waals surface area contributed by atoms with Crippen molar-refractivity contribution in [3.8, 4) is 0 Å². The van der Waals surface area contributed by atoms with Crippen LogP contribution in [0.5, 0.6) is 0 Å². The number of carbonyl (C=O) groups is 2. The van der Waals surface area contributed by atoms with E-state index in [2.05, 4.69) is 23.7 Å². The maximum absolute atomic E-state index is 11.1. The van der Waals surface area contributed by atoms with Crippen molar-refractivity contribution < 1.29 is 19.8 Å². The van der Waals surface area contributed by atoms with Gasteiger partial charge in [-0.1, -0.05) is 6.92 Å². The maximum Gasteiger partial charge on any atom is 0.317 e. The molecule has 0 aromatic heterocycles. The van der Waals surface area contributed by atoms with Gasteiger partial charge in [0.05, 0.1) is 12.3 Å². The molecule has 23 heavy (non-hydrogen) atoms. The van der Waals surface area contributed by atoms with E-state index in [4.69, 9.17) is 10.2 Å². The molecule has 0 saturated heterocycles. The fourth-order valence-electron chi connectivity index (χ4n) is 1.86. The molecule has 0 aliphatic rings. The highest BCUT2D eigenvalue weighted by molar-refractivity contribution is 8.00. The quantitative estimate of drug-likeness (QED) is 0.281. The van der Waals surface area contributed by atoms with Crippen molar-refractivity contribution in [3.05, 3.63) is 13.5 Å². The van der Waals surface area contributed by atoms with E-state index in [1.54, 1.807) is 0 Å². The number of thioether (sulfide) groups is 2. The molecule has 0 fully saturated rings. The molecule has 8 heteroatoms. The standard InChI is InChI=1S/C15H27N2O4S2/c1-3-8-17(11-13(22-2)15(20)21)9-5-4-6-16-7-10-23-12-14(18)19/h13,16H,1,3-5,7-12H2,2H3,(H,18,19)(H,20,21). The van der Waals surface area contributed by atoms with Crippen molar-refractivity contribution in [1.29, 1.82) is 0 Å². The number of nitrogens with one attached hydrogen (secondary N) is 1. The first-order valence-corrected chi connectivity index (χ1v) is 9.98. The van der Waals surface area contributed by atoms with Gasteiger partial charge in [-0.15, -0.1) is 23.5 Å². The first-order valence-electron chi connectivity index (χ1n) is 7.53. The molecule has 0 aliphatic carbocycles. The van der Waals surface area contributed by atoms with Gasteiger partial charge >= 0.3 is 11.9 Å². The molecule has 0 rings (SSSR count). The zero-order chi connectivity index (χ0) is 17.5. The third-order valence-corrected chi connectivity index (χ3v) is 4.82. The van der Waals surface area contributed by atoms with E-state index >= 15 is 0 Å². The summed E-state index contributed by atoms with van der Waals surface area (Å²) in [5.41, 5.74) is 0. The van der Waals surface area contributed by atoms with Crippen molar-refractivity contribution in [3.63, 3.8) is 0 Å². The molecule has 0 heterocycles. The molecule has 0 amide bonds. The zero-order valence-corrected chi connectivity index (χ0v) is 15.3. The number of unbranched alkanes of at least 4 members (excludes halogenated alkanes) is 1. The van der Waals surface area contributed by atoms with Crippen LogP contribution in [0.2, 0.25) is 0 Å². The van der Waals surface area contributed by atoms with Crippen LogP contribution >= 0.6 is 23.5 Å². The van der Waals surface area contributed by atoms with E-state index < -0.39 is 17.2 Å². The molecule has 6 nitrogen and oxygen atoms in total. The predicted molar refractivity (Wildman–Crippen MR) is 96.8 cm³/mol. The topological polar surface area (TPSA) is 89.9 Å². The number of rotatable bonds is 16. The molecule has 133 valence electrons. The van der Waals surface area contributed by atoms with Crippen LogP contribution in [0, 0.1) is 13.5 Å². The summed E-state index contributed by atoms with van der Waals surface area (Å²) in [6.07, 6.45) is 4.24. The van der Waals surface area contributed by atoms with Crippen molar-refractivity contribution in [2.24, 2.45) is 0 Å². The SMILES string of the molecule is [CH2]CCN(CCC[C]NCCSCC(=O)O)CC(SC)C(=O)O. The number of nitrogens with zero attached hydrogens (tertiary/aromatic N) is 1. The summed E-state index contributed by atoms with van der Waals surface area (Å²) in [6.45, 7) is 9.77. The Kier molecular flexibility index (Phi) is 14.8. The lowest BCUT2D eigenvalue weighted by Crippen LogP contribution is -2.36. The molecule has 0 aromatic rings. The predicted octanol–water partition coefficient (Wildman–Crippen LogP) is 1.56. The molecule has 0 aliphatic heterocycles. The lowest BCUT2D eigenvalue weighted by atomic mass is 10.2. The summed E-state index contributed by atoms with van der Waals surface area (Å²) in [4.78, 5) is 23.5. The van der Waals surface area contributed by atoms with E-state index in [1.165, 1.54) is 23.5 Å². The van der Waals surface area contributed by atoms with Crippen LogP contribution in [-0.4, -0.2) is 76.2 Å². The Morgan fingerprint density at radius 2 is 2.09 bits per heavy atom. The average molecular weight is 364 g/mol. The third kappa shape index (κ3) is 13.7. The summed E-state index contributed by atoms with van der Waals surface area (Å²) >= 11 is 2.73. The zero-order valence-electron chi connectivity index (χ0n) is 13.6. The van der Waals surface area contributed by atoms with E-state index in [0.717, 1.165) is 38.1 Å². The van der Waals surface area contributed by atoms with Crippen molar-refractivity contribution in [2.45, 2.75) is 24.5 Å². The number of hydrogen-bond acceptors (Lipinski definition) is 6. The highest BCUT2D eigenvalue weighted by atomic mass is 32.2. The molecule has 0 bridgehead atoms. The first kappa shape index (κ1) is 22.6. The van der Waals surface area contributed by atoms with Gasteiger partial charge < -0.3 is 20.4 Å². The van der Waals surface area contributed by atoms with Crippen LogP contribution in [-0.2, 0) is 9.59 Å². The highest BCUT2D eigenvalue weighted by Gasteiger charge is 2.19. The summed E-state index contributed by atoms with van der Waals surface area (Å²) < 4.78 is 0. The summed E-state index contributed by atoms with van der Waals surface area (Å²) in [5.74, 6) is -0.702. The Hall–Kier alpha value is -0.440. The minimum Gasteiger partial charge on any atom is -0.481 e. The van der Waals surface area contributed by atoms with Crippen LogP contribution in [0.3, 0.4) is 0 Å². The number of hydrogen-bond donors (Lipinski definition) is 3. The van der Waals surface area contributed by atoms with Gasteiger partial charge in [0, 0.05) is 18.8 Å². The normalized spacial score (nSPS) is 12.5. The van der Waals surface area contributed by atoms with Gasteiger partial charge in [0.15, 0.2) is 0 Å². The first-order chi connectivity index (χ1) is 11.0. The average Bonchev–Trinajstić information content (AvgIpc) is 2.49. The smallest absolute Gasteiger partial charge is 0.317 e. The Bertz CT molecular complexity index is 333. The Morgan fingerprint density at radius 3 is 2.65 bits per heavy atom. The molecule has 1 unspecified atom stereocenters. The van der Waals surface area contributed by atoms with Gasteiger partial charge in [-0.3, -0.25) is 9.59 Å². The van der Waals surface area contributed by atoms with Crippen molar-refractivity contribution in [1.82, 2.24) is 10.2 Å². The molecule has 1 atom stereocenters. The van der Waals surface area contributed by atoms with E-state index in [1.807, 2.05) is 6.26 Å². The largest absolute Gasteiger partial charge is 0.481 e. The Labute approximate surface area is 147 Å². The highest BCUT2D eigenvalue weighted by Crippen LogP contribution is 2.10. The Morgan fingerprint density at radius 1 is 1.35 bits per heavy atom. The maximum atomic E-state index is 11.1. The molecular formula is C15H27N2O4S2. The fraction of sp³-hybridized carbons (Fsp3) is 0.733. The number of aliphatic carboxylic acids is 2. The third-order valence-electron chi connectivity index (χ3n) is 2.96. The van der Waals surface area contributed by atoms with E-state index in [-0.39, 0.29) is 5.75 Å². The molecule has 3 N–H and O–H groups in total. The second-order valence-electron chi connectivity index (χ2n) is 4.87. The van der Waals surface area contributed by atoms with Crippen molar-refractivity contribution in [2.75, 3.05) is 43.9 Å². The van der Waals surface area contributed by atoms with Crippen LogP contribution in [0.15, 0.2) is 0 Å². The van der Waals surface area contributed by atoms with E-state index in [0.29, 0.717) is 13.1 Å². The lowest BCUT2D eigenvalue weighted by Gasteiger charge is -2.24. The summed E-state index contributed by atoms with van der Waals surface area (Å²) in [7, 11) is 0. The molecule has 3 radical (unpaired) electrons. The van der Waals surface area contributed by atoms with Gasteiger partial charge in [0.2, 0.25) is 0 Å². The molecule has 0 spiro atoms. The van der Waals surface area contributed by atoms with Crippen LogP contribution in [0.25, 0.3) is 0 Å². The number of carboxylic acid groups (broad SMARTS) is 2. The van der Waals surface area contributed by atoms with Gasteiger partial charge in [-0.05, 0) is 38.6 Å². The van der Waals surface area contributed by atoms with Crippen LogP contribution in [0.4, 0.5) is 0 Å². The summed E-state index contributed by atoms with van der Waals surface area (Å²) in [5, 5.41) is 20.2. The van der Waals surface area contributed by atoms with Crippen LogP contribution < -0.4 is 5.32 Å². The minimum absolute atomic E-state index is 0.127. The van der Waals surface area contributed by atoms with E-state index in [9.17, 15) is 9.59 Å². The molecule has 0 saturated carbocycles. The van der Waals surface area contributed by atoms with Gasteiger partial charge in [0.25, 0.3) is 0 Å². The Balaban J connectivity index is 3.71. The van der Waals surface area contributed by atoms with Crippen LogP contribution in [0.1, 0.15) is 19.3 Å². The van der Waals surface area contributed by atoms with Gasteiger partial charge in [0.1, 0.15) is 5.25 Å². The minimum atomic E-state index is -0.793. The second kappa shape index (κ2) is 15.1. The fourth-order valence-corrected chi connectivity index (χ4v) is 2.98. The van der Waals surface area contributed by atoms with Gasteiger partial charge in [-0.2, -0.15) is 0 Å². The monoisotopic (exact) mass is 363 g/mol. The molecular weight excluding hydrogens is 336 g/mol. The lowest BCUT2D eigenvalue weighted by molar-refractivity contribution is -0.137. The summed E-state index contributed by atoms with van der Waals surface area (Å²) in [6, 6.07) is 0. The molecule has 0 aromatic carbocycles.